The van der Waals surface area contributed by atoms with Crippen LogP contribution in [0.25, 0.3) is 27.7 Å². The van der Waals surface area contributed by atoms with E-state index in [9.17, 15) is 0 Å². The van der Waals surface area contributed by atoms with Crippen LogP contribution in [0.1, 0.15) is 71.2 Å². The van der Waals surface area contributed by atoms with Crippen LogP contribution < -0.4 is 10.1 Å². The molecule has 2 aromatic carbocycles. The largest absolute Gasteiger partial charge is 0.502 e. The normalized spacial score (nSPS) is 27.1. The molecule has 0 spiro atoms. The van der Waals surface area contributed by atoms with Crippen molar-refractivity contribution in [2.24, 2.45) is 0 Å². The van der Waals surface area contributed by atoms with Crippen LogP contribution in [0.2, 0.25) is 0 Å². The molecule has 0 radical (unpaired) electrons. The topological polar surface area (TPSA) is 64.5 Å². The number of nitrogens with one attached hydrogen (secondary N) is 1. The highest BCUT2D eigenvalue weighted by atomic mass is 16.5. The van der Waals surface area contributed by atoms with Gasteiger partial charge in [0, 0.05) is 29.5 Å². The lowest BCUT2D eigenvalue weighted by atomic mass is 10.0. The van der Waals surface area contributed by atoms with Crippen LogP contribution in [0.3, 0.4) is 0 Å². The van der Waals surface area contributed by atoms with Gasteiger partial charge in [0.2, 0.25) is 11.5 Å². The summed E-state index contributed by atoms with van der Waals surface area (Å²) in [5, 5.41) is 5.85. The summed E-state index contributed by atoms with van der Waals surface area (Å²) in [7, 11) is 0. The van der Waals surface area contributed by atoms with Crippen molar-refractivity contribution in [3.05, 3.63) is 58.8 Å². The Hall–Kier alpha value is -3.17. The van der Waals surface area contributed by atoms with Gasteiger partial charge < -0.3 is 14.6 Å². The minimum atomic E-state index is -3.10. The van der Waals surface area contributed by atoms with E-state index >= 15 is 0 Å². The summed E-state index contributed by atoms with van der Waals surface area (Å²) in [6, 6.07) is -6.53. The van der Waals surface area contributed by atoms with Crippen LogP contribution in [0, 0.1) is 6.57 Å². The zero-order valence-electron chi connectivity index (χ0n) is 31.2. The fraction of sp³-hybridized carbons (Fsp3) is 0.375. The van der Waals surface area contributed by atoms with Crippen LogP contribution in [-0.2, 0) is 6.37 Å². The molecule has 1 N–H and O–H groups in total. The molecule has 0 aliphatic heterocycles. The van der Waals surface area contributed by atoms with Crippen molar-refractivity contribution in [2.75, 3.05) is 6.50 Å². The summed E-state index contributed by atoms with van der Waals surface area (Å²) in [6.07, 6.45) is -10.4. The van der Waals surface area contributed by atoms with E-state index in [1.165, 1.54) is 13.8 Å². The van der Waals surface area contributed by atoms with Crippen LogP contribution in [0.4, 0.5) is 5.69 Å². The van der Waals surface area contributed by atoms with E-state index in [0.29, 0.717) is 0 Å². The first-order chi connectivity index (χ1) is 20.3. The van der Waals surface area contributed by atoms with Crippen molar-refractivity contribution in [3.8, 4) is 28.6 Å². The average molecular weight is 418 g/mol. The van der Waals surface area contributed by atoms with Gasteiger partial charge in [0.15, 0.2) is 0 Å². The van der Waals surface area contributed by atoms with Gasteiger partial charge in [-0.1, -0.05) is 30.2 Å². The first kappa shape index (κ1) is 8.91. The van der Waals surface area contributed by atoms with Gasteiger partial charge in [0.1, 0.15) is 5.75 Å². The molecule has 0 unspecified atom stereocenters. The maximum atomic E-state index is 8.71. The van der Waals surface area contributed by atoms with E-state index in [1.807, 2.05) is 0 Å². The maximum absolute atomic E-state index is 8.71. The molecule has 4 rings (SSSR count). The smallest absolute Gasteiger partial charge is 0.256 e. The zero-order valence-corrected chi connectivity index (χ0v) is 16.2. The standard InChI is InChI=1S/C24H26N4O2/c1-5-13-26-20-11-10-17-18(20)7-6-8-19(17)23-27-24(30-28-23)16-9-12-22(29-15(2)3)21(14-16)25-4/h6-9,12,14-15,20,26H,5,10-11,13H2,1-3H3/t20-/m0/s1/i5D2,6D,7D,8D,9D,10D2,11D2,12D,13D2,14D,15D. The molecular formula is C24H26N4O2. The number of benzene rings is 2. The first-order valence-corrected chi connectivity index (χ1v) is 8.78. The van der Waals surface area contributed by atoms with Crippen molar-refractivity contribution in [2.45, 2.75) is 52.0 Å². The third-order valence-electron chi connectivity index (χ3n) is 3.92. The summed E-state index contributed by atoms with van der Waals surface area (Å²) in [5.74, 6) is -1.75. The monoisotopic (exact) mass is 417 g/mol. The molecule has 1 atom stereocenters. The molecule has 154 valence electrons. The van der Waals surface area contributed by atoms with E-state index in [4.69, 9.17) is 36.4 Å². The second-order valence-corrected chi connectivity index (χ2v) is 6.23. The van der Waals surface area contributed by atoms with E-state index in [2.05, 4.69) is 20.3 Å². The number of rotatable bonds is 7. The van der Waals surface area contributed by atoms with Crippen molar-refractivity contribution < 1.29 is 29.8 Å². The van der Waals surface area contributed by atoms with Gasteiger partial charge >= 0.3 is 0 Å². The first-order valence-electron chi connectivity index (χ1n) is 16.3. The van der Waals surface area contributed by atoms with Gasteiger partial charge in [-0.05, 0) is 68.7 Å². The molecule has 3 aromatic rings. The highest BCUT2D eigenvalue weighted by Gasteiger charge is 2.26. The van der Waals surface area contributed by atoms with E-state index < -0.39 is 119 Å². The van der Waals surface area contributed by atoms with Crippen molar-refractivity contribution >= 4 is 5.69 Å². The van der Waals surface area contributed by atoms with Crippen molar-refractivity contribution in [3.63, 3.8) is 0 Å². The van der Waals surface area contributed by atoms with E-state index in [-0.39, 0.29) is 0 Å². The molecule has 1 aromatic heterocycles. The molecule has 0 amide bonds. The number of fused-ring (bicyclic) bond motifs is 1. The Morgan fingerprint density at radius 2 is 2.33 bits per heavy atom. The number of hydrogen-bond donors (Lipinski definition) is 1. The summed E-state index contributed by atoms with van der Waals surface area (Å²) in [6.45, 7) is 8.08. The summed E-state index contributed by atoms with van der Waals surface area (Å²) < 4.78 is 136. The van der Waals surface area contributed by atoms with Crippen molar-refractivity contribution in [1.29, 1.82) is 0 Å². The second-order valence-electron chi connectivity index (χ2n) is 6.23. The minimum absolute atomic E-state index is 0.495. The minimum Gasteiger partial charge on any atom is -0.502 e. The Balaban J connectivity index is 2.00. The molecule has 1 aliphatic carbocycles. The predicted molar refractivity (Wildman–Crippen MR) is 117 cm³/mol. The summed E-state index contributed by atoms with van der Waals surface area (Å²) in [4.78, 5) is 7.27. The quantitative estimate of drug-likeness (QED) is 0.498. The third-order valence-corrected chi connectivity index (χ3v) is 3.92. The van der Waals surface area contributed by atoms with Gasteiger partial charge in [0.05, 0.1) is 20.9 Å². The number of aromatic nitrogens is 2. The van der Waals surface area contributed by atoms with Crippen LogP contribution >= 0.6 is 0 Å². The molecule has 1 heterocycles. The molecule has 0 saturated heterocycles. The highest BCUT2D eigenvalue weighted by Crippen LogP contribution is 2.38. The lowest BCUT2D eigenvalue weighted by Gasteiger charge is -2.13. The Morgan fingerprint density at radius 3 is 3.10 bits per heavy atom. The Bertz CT molecular complexity index is 1750. The SMILES string of the molecule is [2H]c1c([2H])c(-c2noc(-c3c([2H])c([2H])c(OC([2H])(C)C)c([N+]#[C-])c3[2H])n2)c2c(c1[2H])[C@@H](NC([2H])([2H])C([2H])([2H])C)C([2H])([2H])C2([2H])[2H]. The fourth-order valence-electron chi connectivity index (χ4n) is 2.68. The predicted octanol–water partition coefficient (Wildman–Crippen LogP) is 5.73. The van der Waals surface area contributed by atoms with Gasteiger partial charge in [-0.2, -0.15) is 4.98 Å². The van der Waals surface area contributed by atoms with E-state index in [0.717, 1.165) is 6.92 Å². The van der Waals surface area contributed by atoms with Crippen LogP contribution in [0.15, 0.2) is 40.8 Å². The number of ether oxygens (including phenoxy) is 1. The average Bonchev–Trinajstić information content (AvgIpc) is 3.41. The van der Waals surface area contributed by atoms with Gasteiger partial charge in [-0.3, -0.25) is 0 Å². The molecule has 6 heteroatoms. The number of hydrogen-bond acceptors (Lipinski definition) is 5. The highest BCUT2D eigenvalue weighted by molar-refractivity contribution is 5.70. The molecule has 0 bridgehead atoms. The van der Waals surface area contributed by atoms with Crippen LogP contribution in [0.5, 0.6) is 5.75 Å². The second kappa shape index (κ2) is 8.68. The summed E-state index contributed by atoms with van der Waals surface area (Å²) in [5.41, 5.74) is -2.90. The molecular weight excluding hydrogens is 376 g/mol. The maximum Gasteiger partial charge on any atom is 0.256 e. The van der Waals surface area contributed by atoms with Gasteiger partial charge in [0.25, 0.3) is 5.89 Å². The Kier molecular flexibility index (Phi) is 2.58. The molecule has 1 aliphatic rings. The fourth-order valence-corrected chi connectivity index (χ4v) is 2.68. The van der Waals surface area contributed by atoms with Crippen LogP contribution in [-0.4, -0.2) is 22.7 Å². The summed E-state index contributed by atoms with van der Waals surface area (Å²) >= 11 is 0. The zero-order chi connectivity index (χ0) is 34.4. The third kappa shape index (κ3) is 3.94. The Morgan fingerprint density at radius 1 is 1.47 bits per heavy atom. The van der Waals surface area contributed by atoms with Gasteiger partial charge in [-0.25, -0.2) is 4.85 Å². The molecule has 0 fully saturated rings. The van der Waals surface area contributed by atoms with Gasteiger partial charge in [-0.15, -0.1) is 0 Å². The lowest BCUT2D eigenvalue weighted by molar-refractivity contribution is 0.244. The number of nitrogens with zero attached hydrogens (tertiary/aromatic N) is 3. The molecule has 0 saturated carbocycles. The Labute approximate surface area is 198 Å². The molecule has 6 nitrogen and oxygen atoms in total. The molecule has 30 heavy (non-hydrogen) atoms. The van der Waals surface area contributed by atoms with Crippen molar-refractivity contribution in [1.82, 2.24) is 15.5 Å². The van der Waals surface area contributed by atoms with E-state index in [1.54, 1.807) is 0 Å². The lowest BCUT2D eigenvalue weighted by Crippen LogP contribution is -2.19.